The molecule has 356 valence electrons. The summed E-state index contributed by atoms with van der Waals surface area (Å²) >= 11 is 0. The van der Waals surface area contributed by atoms with E-state index in [0.717, 1.165) is 64.2 Å². The van der Waals surface area contributed by atoms with E-state index in [1.54, 1.807) is 0 Å². The summed E-state index contributed by atoms with van der Waals surface area (Å²) in [5.74, 6) is -1.66. The van der Waals surface area contributed by atoms with Gasteiger partial charge in [-0.15, -0.1) is 0 Å². The van der Waals surface area contributed by atoms with Gasteiger partial charge in [0.1, 0.15) is 12.2 Å². The van der Waals surface area contributed by atoms with Crippen LogP contribution in [-0.2, 0) is 57.1 Å². The molecule has 1 saturated carbocycles. The molecule has 0 amide bonds. The molecule has 12 nitrogen and oxygen atoms in total. The van der Waals surface area contributed by atoms with E-state index in [1.165, 1.54) is 123 Å². The molecular formula is C49H88O12. The molecule has 1 unspecified atom stereocenters. The molecule has 0 N–H and O–H groups in total. The minimum atomic E-state index is -1.32. The number of esters is 5. The standard InChI is InChI=1S/C49H88O12/c1-9-10-11-26-31-38(4)32-27-22-18-16-20-24-29-34-55-35-43(61-44(54)33-28-23-19-15-13-12-14-17-21-25-30-37(2)3)36-56-45-46(57-39(5)50)48(59-41(7)52)49(60-42(8)53)47(45)58-40(6)51/h37-38,43,45-49H,9-36H2,1-8H3/t38?,43-,46+,47+,48-,49-/m0/s1. The summed E-state index contributed by atoms with van der Waals surface area (Å²) in [6.07, 6.45) is 21.9. The zero-order valence-corrected chi connectivity index (χ0v) is 39.8. The smallest absolute Gasteiger partial charge is 0.306 e. The highest BCUT2D eigenvalue weighted by molar-refractivity contribution is 5.70. The van der Waals surface area contributed by atoms with E-state index < -0.39 is 60.5 Å². The Morgan fingerprint density at radius 1 is 0.443 bits per heavy atom. The van der Waals surface area contributed by atoms with Gasteiger partial charge in [-0.05, 0) is 24.7 Å². The Morgan fingerprint density at radius 2 is 0.820 bits per heavy atom. The fourth-order valence-electron chi connectivity index (χ4n) is 8.10. The van der Waals surface area contributed by atoms with E-state index in [0.29, 0.717) is 13.0 Å². The molecular weight excluding hydrogens is 781 g/mol. The Bertz CT molecular complexity index is 1130. The average Bonchev–Trinajstić information content (AvgIpc) is 3.41. The van der Waals surface area contributed by atoms with Gasteiger partial charge >= 0.3 is 29.8 Å². The predicted octanol–water partition coefficient (Wildman–Crippen LogP) is 11.1. The highest BCUT2D eigenvalue weighted by Gasteiger charge is 2.59. The van der Waals surface area contributed by atoms with Crippen LogP contribution in [0.2, 0.25) is 0 Å². The second kappa shape index (κ2) is 35.7. The van der Waals surface area contributed by atoms with Crippen molar-refractivity contribution in [2.75, 3.05) is 19.8 Å². The third-order valence-corrected chi connectivity index (χ3v) is 11.4. The Morgan fingerprint density at radius 3 is 1.25 bits per heavy atom. The lowest BCUT2D eigenvalue weighted by atomic mass is 9.96. The molecule has 0 saturated heterocycles. The second-order valence-corrected chi connectivity index (χ2v) is 18.0. The molecule has 0 aromatic heterocycles. The molecule has 0 spiro atoms. The first-order valence-electron chi connectivity index (χ1n) is 24.3. The minimum Gasteiger partial charge on any atom is -0.457 e. The Balaban J connectivity index is 2.76. The molecule has 61 heavy (non-hydrogen) atoms. The molecule has 1 rings (SSSR count). The van der Waals surface area contributed by atoms with Gasteiger partial charge in [-0.1, -0.05) is 169 Å². The van der Waals surface area contributed by atoms with Crippen molar-refractivity contribution < 1.29 is 57.1 Å². The summed E-state index contributed by atoms with van der Waals surface area (Å²) < 4.78 is 40.1. The molecule has 0 bridgehead atoms. The number of rotatable bonds is 38. The van der Waals surface area contributed by atoms with E-state index >= 15 is 0 Å². The van der Waals surface area contributed by atoms with Crippen molar-refractivity contribution in [1.82, 2.24) is 0 Å². The fourth-order valence-corrected chi connectivity index (χ4v) is 8.10. The van der Waals surface area contributed by atoms with Crippen molar-refractivity contribution >= 4 is 29.8 Å². The lowest BCUT2D eigenvalue weighted by Crippen LogP contribution is -2.43. The lowest BCUT2D eigenvalue weighted by molar-refractivity contribution is -0.181. The predicted molar refractivity (Wildman–Crippen MR) is 238 cm³/mol. The van der Waals surface area contributed by atoms with Gasteiger partial charge in [0.25, 0.3) is 0 Å². The average molecular weight is 869 g/mol. The highest BCUT2D eigenvalue weighted by Crippen LogP contribution is 2.34. The third kappa shape index (κ3) is 29.3. The van der Waals surface area contributed by atoms with E-state index in [9.17, 15) is 24.0 Å². The largest absolute Gasteiger partial charge is 0.457 e. The Labute approximate surface area is 370 Å². The van der Waals surface area contributed by atoms with Crippen LogP contribution >= 0.6 is 0 Å². The van der Waals surface area contributed by atoms with Crippen molar-refractivity contribution in [1.29, 1.82) is 0 Å². The lowest BCUT2D eigenvalue weighted by Gasteiger charge is -2.27. The van der Waals surface area contributed by atoms with Crippen LogP contribution in [0, 0.1) is 11.8 Å². The second-order valence-electron chi connectivity index (χ2n) is 18.0. The molecule has 0 aromatic carbocycles. The monoisotopic (exact) mass is 869 g/mol. The number of unbranched alkanes of at least 4 members (excludes halogenated alkanes) is 18. The molecule has 0 aliphatic heterocycles. The maximum absolute atomic E-state index is 13.1. The van der Waals surface area contributed by atoms with Gasteiger partial charge in [0.2, 0.25) is 0 Å². The molecule has 1 aliphatic carbocycles. The summed E-state index contributed by atoms with van der Waals surface area (Å²) in [6, 6.07) is 0. The van der Waals surface area contributed by atoms with Crippen molar-refractivity contribution in [2.45, 2.75) is 253 Å². The first kappa shape index (κ1) is 56.3. The molecule has 12 heteroatoms. The van der Waals surface area contributed by atoms with Gasteiger partial charge in [-0.25, -0.2) is 0 Å². The number of carbonyl (C=O) groups excluding carboxylic acids is 5. The van der Waals surface area contributed by atoms with Crippen molar-refractivity contribution in [3.8, 4) is 0 Å². The van der Waals surface area contributed by atoms with Crippen LogP contribution in [0.3, 0.4) is 0 Å². The number of carbonyl (C=O) groups is 5. The zero-order chi connectivity index (χ0) is 45.3. The first-order valence-corrected chi connectivity index (χ1v) is 24.3. The van der Waals surface area contributed by atoms with Gasteiger partial charge < -0.3 is 33.2 Å². The highest BCUT2D eigenvalue weighted by atomic mass is 16.7. The van der Waals surface area contributed by atoms with E-state index in [4.69, 9.17) is 33.2 Å². The summed E-state index contributed by atoms with van der Waals surface area (Å²) in [7, 11) is 0. The molecule has 6 atom stereocenters. The van der Waals surface area contributed by atoms with Crippen LogP contribution in [0.25, 0.3) is 0 Å². The maximum Gasteiger partial charge on any atom is 0.306 e. The summed E-state index contributed by atoms with van der Waals surface area (Å²) in [4.78, 5) is 61.9. The topological polar surface area (TPSA) is 150 Å². The van der Waals surface area contributed by atoms with Crippen LogP contribution in [-0.4, -0.2) is 86.3 Å². The summed E-state index contributed by atoms with van der Waals surface area (Å²) in [5.41, 5.74) is 0. The van der Waals surface area contributed by atoms with Gasteiger partial charge in [-0.3, -0.25) is 24.0 Å². The van der Waals surface area contributed by atoms with Crippen LogP contribution in [0.15, 0.2) is 0 Å². The normalized spacial score (nSPS) is 18.8. The van der Waals surface area contributed by atoms with Gasteiger partial charge in [0.15, 0.2) is 24.4 Å². The third-order valence-electron chi connectivity index (χ3n) is 11.4. The number of hydrogen-bond acceptors (Lipinski definition) is 12. The Hall–Kier alpha value is -2.73. The molecule has 1 aliphatic rings. The van der Waals surface area contributed by atoms with E-state index in [2.05, 4.69) is 27.7 Å². The van der Waals surface area contributed by atoms with Gasteiger partial charge in [0, 0.05) is 40.7 Å². The summed E-state index contributed by atoms with van der Waals surface area (Å²) in [6.45, 7) is 14.2. The van der Waals surface area contributed by atoms with E-state index in [-0.39, 0.29) is 25.6 Å². The van der Waals surface area contributed by atoms with Gasteiger partial charge in [-0.2, -0.15) is 0 Å². The quantitative estimate of drug-likeness (QED) is 0.0330. The van der Waals surface area contributed by atoms with Crippen LogP contribution in [0.1, 0.15) is 216 Å². The van der Waals surface area contributed by atoms with Crippen LogP contribution in [0.5, 0.6) is 0 Å². The molecule has 0 radical (unpaired) electrons. The number of ether oxygens (including phenoxy) is 7. The zero-order valence-electron chi connectivity index (χ0n) is 39.8. The van der Waals surface area contributed by atoms with E-state index in [1.807, 2.05) is 0 Å². The van der Waals surface area contributed by atoms with Crippen molar-refractivity contribution in [3.05, 3.63) is 0 Å². The van der Waals surface area contributed by atoms with Crippen LogP contribution in [0.4, 0.5) is 0 Å². The Kier molecular flexibility index (Phi) is 32.9. The summed E-state index contributed by atoms with van der Waals surface area (Å²) in [5, 5.41) is 0. The van der Waals surface area contributed by atoms with Crippen molar-refractivity contribution in [2.24, 2.45) is 11.8 Å². The van der Waals surface area contributed by atoms with Crippen molar-refractivity contribution in [3.63, 3.8) is 0 Å². The molecule has 0 aromatic rings. The number of hydrogen-bond donors (Lipinski definition) is 0. The maximum atomic E-state index is 13.1. The molecule has 0 heterocycles. The van der Waals surface area contributed by atoms with Crippen LogP contribution < -0.4 is 0 Å². The molecule has 1 fully saturated rings. The fraction of sp³-hybridized carbons (Fsp3) is 0.898. The minimum absolute atomic E-state index is 0.0593. The SMILES string of the molecule is CCCCCCC(C)CCCCCCCCCOC[C@@H](COC1[C@@H](OC(C)=O)[C@H](OC(C)=O)[C@@H](OC(C)=O)[C@@H]1OC(C)=O)OC(=O)CCCCCCCCCCCCC(C)C. The van der Waals surface area contributed by atoms with Gasteiger partial charge in [0.05, 0.1) is 13.2 Å². The first-order chi connectivity index (χ1) is 29.2.